The molecule has 0 saturated heterocycles. The van der Waals surface area contributed by atoms with Crippen LogP contribution in [0.3, 0.4) is 0 Å². The van der Waals surface area contributed by atoms with Gasteiger partial charge in [-0.05, 0) is 24.1 Å². The molecule has 0 radical (unpaired) electrons. The maximum absolute atomic E-state index is 8.78. The highest BCUT2D eigenvalue weighted by atomic mass is 35.5. The van der Waals surface area contributed by atoms with Gasteiger partial charge in [0, 0.05) is 23.1 Å². The Kier molecular flexibility index (Phi) is 5.62. The van der Waals surface area contributed by atoms with E-state index in [1.807, 2.05) is 19.1 Å². The molecule has 1 rings (SSSR count). The lowest BCUT2D eigenvalue weighted by Gasteiger charge is -2.09. The molecular formula is C12H14Cl2N2. The fourth-order valence-electron chi connectivity index (χ4n) is 1.33. The van der Waals surface area contributed by atoms with E-state index in [0.29, 0.717) is 23.1 Å². The Morgan fingerprint density at radius 1 is 1.44 bits per heavy atom. The molecule has 86 valence electrons. The molecular weight excluding hydrogens is 243 g/mol. The van der Waals surface area contributed by atoms with E-state index >= 15 is 0 Å². The normalized spacial score (nSPS) is 12.1. The van der Waals surface area contributed by atoms with Gasteiger partial charge in [0.05, 0.1) is 12.0 Å². The van der Waals surface area contributed by atoms with Crippen molar-refractivity contribution in [2.75, 3.05) is 6.54 Å². The van der Waals surface area contributed by atoms with Gasteiger partial charge in [-0.15, -0.1) is 0 Å². The van der Waals surface area contributed by atoms with Gasteiger partial charge in [0.2, 0.25) is 0 Å². The molecule has 0 saturated carbocycles. The monoisotopic (exact) mass is 256 g/mol. The zero-order valence-electron chi connectivity index (χ0n) is 9.13. The Balaban J connectivity index is 2.46. The predicted molar refractivity (Wildman–Crippen MR) is 67.6 cm³/mol. The zero-order valence-corrected chi connectivity index (χ0v) is 10.6. The van der Waals surface area contributed by atoms with E-state index < -0.39 is 0 Å². The average molecular weight is 257 g/mol. The number of benzene rings is 1. The van der Waals surface area contributed by atoms with Gasteiger partial charge in [-0.2, -0.15) is 5.26 Å². The Labute approximate surface area is 106 Å². The highest BCUT2D eigenvalue weighted by Gasteiger charge is 2.05. The molecule has 0 bridgehead atoms. The first-order valence-electron chi connectivity index (χ1n) is 5.21. The van der Waals surface area contributed by atoms with Crippen LogP contribution in [0.2, 0.25) is 10.0 Å². The quantitative estimate of drug-likeness (QED) is 0.874. The molecule has 1 aromatic carbocycles. The van der Waals surface area contributed by atoms with Crippen LogP contribution >= 0.6 is 23.2 Å². The van der Waals surface area contributed by atoms with Crippen molar-refractivity contribution in [1.82, 2.24) is 5.32 Å². The van der Waals surface area contributed by atoms with E-state index in [2.05, 4.69) is 11.4 Å². The Morgan fingerprint density at radius 2 is 2.19 bits per heavy atom. The van der Waals surface area contributed by atoms with Crippen molar-refractivity contribution in [3.05, 3.63) is 33.8 Å². The summed E-state index contributed by atoms with van der Waals surface area (Å²) in [5, 5.41) is 13.3. The van der Waals surface area contributed by atoms with Crippen molar-refractivity contribution in [2.24, 2.45) is 5.92 Å². The summed E-state index contributed by atoms with van der Waals surface area (Å²) in [6, 6.07) is 7.67. The summed E-state index contributed by atoms with van der Waals surface area (Å²) in [7, 11) is 0. The second kappa shape index (κ2) is 6.75. The van der Waals surface area contributed by atoms with Crippen molar-refractivity contribution < 1.29 is 0 Å². The summed E-state index contributed by atoms with van der Waals surface area (Å²) < 4.78 is 0. The lowest BCUT2D eigenvalue weighted by Crippen LogP contribution is -2.21. The molecule has 16 heavy (non-hydrogen) atoms. The summed E-state index contributed by atoms with van der Waals surface area (Å²) in [5.41, 5.74) is 0.999. The molecule has 1 unspecified atom stereocenters. The van der Waals surface area contributed by atoms with Crippen LogP contribution in [0.4, 0.5) is 0 Å². The molecule has 1 atom stereocenters. The van der Waals surface area contributed by atoms with Gasteiger partial charge in [-0.3, -0.25) is 0 Å². The number of nitriles is 1. The van der Waals surface area contributed by atoms with E-state index in [0.717, 1.165) is 12.0 Å². The fourth-order valence-corrected chi connectivity index (χ4v) is 1.80. The molecule has 0 aliphatic carbocycles. The average Bonchev–Trinajstić information content (AvgIpc) is 2.27. The number of nitrogens with one attached hydrogen (secondary N) is 1. The van der Waals surface area contributed by atoms with Crippen LogP contribution in [0, 0.1) is 17.2 Å². The minimum atomic E-state index is 0.0612. The molecule has 2 nitrogen and oxygen atoms in total. The molecule has 0 aliphatic heterocycles. The maximum atomic E-state index is 8.78. The third-order valence-corrected chi connectivity index (χ3v) is 2.98. The molecule has 1 aromatic rings. The van der Waals surface area contributed by atoms with Gasteiger partial charge in [0.15, 0.2) is 0 Å². The number of halogens is 2. The van der Waals surface area contributed by atoms with Gasteiger partial charge < -0.3 is 5.32 Å². The standard InChI is InChI=1S/C12H14Cl2N2/c1-2-9(6-15)7-16-8-10-3-4-11(13)5-12(10)14/h3-5,9,16H,2,7-8H2,1H3. The molecule has 1 N–H and O–H groups in total. The number of nitrogens with zero attached hydrogens (tertiary/aromatic N) is 1. The molecule has 0 aromatic heterocycles. The summed E-state index contributed by atoms with van der Waals surface area (Å²) in [4.78, 5) is 0. The summed E-state index contributed by atoms with van der Waals surface area (Å²) >= 11 is 11.8. The largest absolute Gasteiger partial charge is 0.311 e. The van der Waals surface area contributed by atoms with Crippen LogP contribution in [0.25, 0.3) is 0 Å². The first-order chi connectivity index (χ1) is 7.67. The summed E-state index contributed by atoms with van der Waals surface area (Å²) in [6.45, 7) is 3.35. The van der Waals surface area contributed by atoms with Gasteiger partial charge in [0.25, 0.3) is 0 Å². The second-order valence-electron chi connectivity index (χ2n) is 3.60. The smallest absolute Gasteiger partial charge is 0.0669 e. The van der Waals surface area contributed by atoms with Gasteiger partial charge in [0.1, 0.15) is 0 Å². The molecule has 4 heteroatoms. The van der Waals surface area contributed by atoms with Crippen molar-refractivity contribution in [3.63, 3.8) is 0 Å². The van der Waals surface area contributed by atoms with Crippen LogP contribution in [0.5, 0.6) is 0 Å². The minimum Gasteiger partial charge on any atom is -0.311 e. The molecule has 0 spiro atoms. The third-order valence-electron chi connectivity index (χ3n) is 2.40. The van der Waals surface area contributed by atoms with Crippen molar-refractivity contribution in [1.29, 1.82) is 5.26 Å². The Bertz CT molecular complexity index is 385. The third kappa shape index (κ3) is 4.02. The topological polar surface area (TPSA) is 35.8 Å². The van der Waals surface area contributed by atoms with E-state index in [1.165, 1.54) is 0 Å². The predicted octanol–water partition coefficient (Wildman–Crippen LogP) is 3.63. The van der Waals surface area contributed by atoms with Crippen LogP contribution in [-0.4, -0.2) is 6.54 Å². The van der Waals surface area contributed by atoms with Gasteiger partial charge in [-0.1, -0.05) is 36.2 Å². The van der Waals surface area contributed by atoms with Gasteiger partial charge >= 0.3 is 0 Å². The van der Waals surface area contributed by atoms with Crippen molar-refractivity contribution >= 4 is 23.2 Å². The first kappa shape index (κ1) is 13.3. The number of hydrogen-bond acceptors (Lipinski definition) is 2. The minimum absolute atomic E-state index is 0.0612. The van der Waals surface area contributed by atoms with Gasteiger partial charge in [-0.25, -0.2) is 0 Å². The van der Waals surface area contributed by atoms with Crippen LogP contribution in [0.15, 0.2) is 18.2 Å². The van der Waals surface area contributed by atoms with Crippen LogP contribution < -0.4 is 5.32 Å². The summed E-state index contributed by atoms with van der Waals surface area (Å²) in [6.07, 6.45) is 0.859. The van der Waals surface area contributed by atoms with Crippen molar-refractivity contribution in [2.45, 2.75) is 19.9 Å². The lowest BCUT2D eigenvalue weighted by atomic mass is 10.1. The van der Waals surface area contributed by atoms with E-state index in [1.54, 1.807) is 6.07 Å². The highest BCUT2D eigenvalue weighted by Crippen LogP contribution is 2.20. The van der Waals surface area contributed by atoms with Crippen molar-refractivity contribution in [3.8, 4) is 6.07 Å². The first-order valence-corrected chi connectivity index (χ1v) is 5.97. The fraction of sp³-hybridized carbons (Fsp3) is 0.417. The Morgan fingerprint density at radius 3 is 2.75 bits per heavy atom. The lowest BCUT2D eigenvalue weighted by molar-refractivity contribution is 0.553. The van der Waals surface area contributed by atoms with E-state index in [-0.39, 0.29) is 5.92 Å². The van der Waals surface area contributed by atoms with Crippen LogP contribution in [-0.2, 0) is 6.54 Å². The van der Waals surface area contributed by atoms with E-state index in [9.17, 15) is 0 Å². The van der Waals surface area contributed by atoms with E-state index in [4.69, 9.17) is 28.5 Å². The number of hydrogen-bond donors (Lipinski definition) is 1. The highest BCUT2D eigenvalue weighted by molar-refractivity contribution is 6.35. The molecule has 0 fully saturated rings. The Hall–Kier alpha value is -0.750. The summed E-state index contributed by atoms with van der Waals surface area (Å²) in [5.74, 6) is 0.0612. The maximum Gasteiger partial charge on any atom is 0.0669 e. The molecule has 0 heterocycles. The van der Waals surface area contributed by atoms with Crippen LogP contribution in [0.1, 0.15) is 18.9 Å². The molecule has 0 aliphatic rings. The molecule has 0 amide bonds. The zero-order chi connectivity index (χ0) is 12.0. The second-order valence-corrected chi connectivity index (χ2v) is 4.44. The number of rotatable bonds is 5. The SMILES string of the molecule is CCC(C#N)CNCc1ccc(Cl)cc1Cl.